The van der Waals surface area contributed by atoms with Crippen LogP contribution in [0, 0.1) is 5.92 Å². The molecule has 1 amide bonds. The summed E-state index contributed by atoms with van der Waals surface area (Å²) in [4.78, 5) is 26.9. The number of rotatable bonds is 4. The van der Waals surface area contributed by atoms with E-state index in [-0.39, 0.29) is 12.5 Å². The predicted molar refractivity (Wildman–Crippen MR) is 97.7 cm³/mol. The monoisotopic (exact) mass is 409 g/mol. The number of ether oxygens (including phenoxy) is 2. The first-order valence-electron chi connectivity index (χ1n) is 8.90. The van der Waals surface area contributed by atoms with E-state index in [1.54, 1.807) is 25.3 Å². The van der Waals surface area contributed by atoms with Gasteiger partial charge in [-0.25, -0.2) is 4.79 Å². The molecule has 0 bridgehead atoms. The summed E-state index contributed by atoms with van der Waals surface area (Å²) in [7, 11) is 1.54. The molecule has 1 saturated carbocycles. The molecule has 0 unspecified atom stereocenters. The van der Waals surface area contributed by atoms with Gasteiger partial charge < -0.3 is 14.4 Å². The molecule has 3 rings (SSSR count). The van der Waals surface area contributed by atoms with Gasteiger partial charge >= 0.3 is 5.97 Å². The van der Waals surface area contributed by atoms with Crippen LogP contribution in [0.25, 0.3) is 0 Å². The van der Waals surface area contributed by atoms with Crippen molar-refractivity contribution in [3.63, 3.8) is 0 Å². The molecule has 0 radical (unpaired) electrons. The first kappa shape index (κ1) is 18.2. The molecule has 0 N–H and O–H groups in total. The third-order valence-corrected chi connectivity index (χ3v) is 5.98. The Morgan fingerprint density at radius 2 is 1.96 bits per heavy atom. The summed E-state index contributed by atoms with van der Waals surface area (Å²) in [5.74, 6) is 0.595. The van der Waals surface area contributed by atoms with E-state index in [1.165, 1.54) is 25.7 Å². The zero-order chi connectivity index (χ0) is 17.8. The van der Waals surface area contributed by atoms with Gasteiger partial charge in [0.25, 0.3) is 5.91 Å². The number of carbonyl (C=O) groups excluding carboxylic acids is 2. The van der Waals surface area contributed by atoms with Crippen LogP contribution < -0.4 is 4.74 Å². The molecular weight excluding hydrogens is 386 g/mol. The van der Waals surface area contributed by atoms with Crippen molar-refractivity contribution in [3.8, 4) is 5.75 Å². The van der Waals surface area contributed by atoms with Crippen LogP contribution in [0.15, 0.2) is 22.7 Å². The highest BCUT2D eigenvalue weighted by molar-refractivity contribution is 9.10. The molecule has 136 valence electrons. The molecular formula is C19H24BrNO4. The number of amides is 1. The van der Waals surface area contributed by atoms with Crippen molar-refractivity contribution in [1.29, 1.82) is 0 Å². The number of nitrogens with zero attached hydrogens (tertiary/aromatic N) is 1. The van der Waals surface area contributed by atoms with Crippen LogP contribution in [0.5, 0.6) is 5.75 Å². The zero-order valence-corrected chi connectivity index (χ0v) is 16.1. The van der Waals surface area contributed by atoms with Crippen molar-refractivity contribution in [1.82, 2.24) is 4.90 Å². The molecule has 1 aliphatic carbocycles. The molecule has 0 spiro atoms. The van der Waals surface area contributed by atoms with Crippen LogP contribution in [0.3, 0.4) is 0 Å². The van der Waals surface area contributed by atoms with Crippen LogP contribution in [-0.4, -0.2) is 43.1 Å². The lowest BCUT2D eigenvalue weighted by atomic mass is 9.78. The number of likely N-dealkylation sites (tertiary alicyclic amines) is 1. The van der Waals surface area contributed by atoms with E-state index in [1.807, 2.05) is 4.90 Å². The summed E-state index contributed by atoms with van der Waals surface area (Å²) < 4.78 is 11.0. The predicted octanol–water partition coefficient (Wildman–Crippen LogP) is 3.80. The molecule has 1 aromatic rings. The fourth-order valence-corrected chi connectivity index (χ4v) is 4.42. The molecule has 6 heteroatoms. The van der Waals surface area contributed by atoms with Crippen molar-refractivity contribution in [3.05, 3.63) is 28.2 Å². The maximum atomic E-state index is 12.6. The Kier molecular flexibility index (Phi) is 5.99. The zero-order valence-electron chi connectivity index (χ0n) is 14.5. The summed E-state index contributed by atoms with van der Waals surface area (Å²) in [6.45, 7) is 0.576. The molecule has 1 aromatic carbocycles. The van der Waals surface area contributed by atoms with E-state index in [2.05, 4.69) is 15.9 Å². The van der Waals surface area contributed by atoms with E-state index < -0.39 is 5.97 Å². The highest BCUT2D eigenvalue weighted by Gasteiger charge is 2.35. The lowest BCUT2D eigenvalue weighted by Gasteiger charge is -2.44. The van der Waals surface area contributed by atoms with Gasteiger partial charge in [0.2, 0.25) is 0 Å². The summed E-state index contributed by atoms with van der Waals surface area (Å²) >= 11 is 3.34. The van der Waals surface area contributed by atoms with Gasteiger partial charge in [0.15, 0.2) is 6.61 Å². The van der Waals surface area contributed by atoms with Crippen molar-refractivity contribution in [2.24, 2.45) is 5.92 Å². The Morgan fingerprint density at radius 3 is 2.76 bits per heavy atom. The van der Waals surface area contributed by atoms with Gasteiger partial charge in [-0.1, -0.05) is 12.8 Å². The van der Waals surface area contributed by atoms with Crippen LogP contribution in [0.1, 0.15) is 48.9 Å². The standard InChI is InChI=1S/C19H24BrNO4/c1-24-14-8-9-16(20)15(11-14)19(23)25-12-18(22)21-10-4-6-13-5-2-3-7-17(13)21/h8-9,11,13,17H,2-7,10,12H2,1H3/t13-,17+/m1/s1. The number of esters is 1. The van der Waals surface area contributed by atoms with E-state index in [0.29, 0.717) is 27.7 Å². The van der Waals surface area contributed by atoms with Crippen molar-refractivity contribution in [2.75, 3.05) is 20.3 Å². The molecule has 2 atom stereocenters. The maximum absolute atomic E-state index is 12.6. The number of hydrogen-bond acceptors (Lipinski definition) is 4. The van der Waals surface area contributed by atoms with Crippen molar-refractivity contribution < 1.29 is 19.1 Å². The summed E-state index contributed by atoms with van der Waals surface area (Å²) in [6.07, 6.45) is 6.99. The fourth-order valence-electron chi connectivity index (χ4n) is 4.01. The van der Waals surface area contributed by atoms with Gasteiger partial charge in [-0.2, -0.15) is 0 Å². The molecule has 1 saturated heterocycles. The lowest BCUT2D eigenvalue weighted by molar-refractivity contribution is -0.140. The molecule has 0 aromatic heterocycles. The lowest BCUT2D eigenvalue weighted by Crippen LogP contribution is -2.50. The van der Waals surface area contributed by atoms with E-state index in [0.717, 1.165) is 19.4 Å². The van der Waals surface area contributed by atoms with Crippen molar-refractivity contribution in [2.45, 2.75) is 44.6 Å². The summed E-state index contributed by atoms with van der Waals surface area (Å²) in [5.41, 5.74) is 0.362. The fraction of sp³-hybridized carbons (Fsp3) is 0.579. The minimum atomic E-state index is -0.517. The number of fused-ring (bicyclic) bond motifs is 1. The molecule has 2 fully saturated rings. The van der Waals surface area contributed by atoms with Gasteiger partial charge in [0, 0.05) is 17.1 Å². The van der Waals surface area contributed by atoms with Gasteiger partial charge in [0.05, 0.1) is 12.7 Å². The van der Waals surface area contributed by atoms with E-state index >= 15 is 0 Å². The minimum absolute atomic E-state index is 0.0797. The summed E-state index contributed by atoms with van der Waals surface area (Å²) in [6, 6.07) is 5.42. The minimum Gasteiger partial charge on any atom is -0.497 e. The van der Waals surface area contributed by atoms with Gasteiger partial charge in [-0.15, -0.1) is 0 Å². The second-order valence-corrected chi connectivity index (χ2v) is 7.62. The van der Waals surface area contributed by atoms with Gasteiger partial charge in [0.1, 0.15) is 5.75 Å². The number of hydrogen-bond donors (Lipinski definition) is 0. The highest BCUT2D eigenvalue weighted by Crippen LogP contribution is 2.35. The molecule has 5 nitrogen and oxygen atoms in total. The Balaban J connectivity index is 1.61. The molecule has 1 aliphatic heterocycles. The quantitative estimate of drug-likeness (QED) is 0.709. The number of benzene rings is 1. The van der Waals surface area contributed by atoms with E-state index in [9.17, 15) is 9.59 Å². The Bertz CT molecular complexity index is 646. The number of carbonyl (C=O) groups is 2. The Morgan fingerprint density at radius 1 is 1.20 bits per heavy atom. The van der Waals surface area contributed by atoms with Gasteiger partial charge in [-0.05, 0) is 65.7 Å². The molecule has 2 aliphatic rings. The average molecular weight is 410 g/mol. The van der Waals surface area contributed by atoms with Crippen LogP contribution in [-0.2, 0) is 9.53 Å². The number of halogens is 1. The first-order chi connectivity index (χ1) is 12.1. The Hall–Kier alpha value is -1.56. The van der Waals surface area contributed by atoms with Crippen molar-refractivity contribution >= 4 is 27.8 Å². The summed E-state index contributed by atoms with van der Waals surface area (Å²) in [5, 5.41) is 0. The van der Waals surface area contributed by atoms with E-state index in [4.69, 9.17) is 9.47 Å². The van der Waals surface area contributed by atoms with Gasteiger partial charge in [-0.3, -0.25) is 4.79 Å². The number of methoxy groups -OCH3 is 1. The highest BCUT2D eigenvalue weighted by atomic mass is 79.9. The molecule has 1 heterocycles. The number of piperidine rings is 1. The maximum Gasteiger partial charge on any atom is 0.339 e. The van der Waals surface area contributed by atoms with Crippen LogP contribution in [0.4, 0.5) is 0 Å². The second-order valence-electron chi connectivity index (χ2n) is 6.76. The normalized spacial score (nSPS) is 22.9. The third-order valence-electron chi connectivity index (χ3n) is 5.28. The first-order valence-corrected chi connectivity index (χ1v) is 9.69. The third kappa shape index (κ3) is 4.17. The smallest absolute Gasteiger partial charge is 0.339 e. The average Bonchev–Trinajstić information content (AvgIpc) is 2.65. The second kappa shape index (κ2) is 8.21. The van der Waals surface area contributed by atoms with Crippen LogP contribution >= 0.6 is 15.9 Å². The molecule has 25 heavy (non-hydrogen) atoms. The van der Waals surface area contributed by atoms with Crippen LogP contribution in [0.2, 0.25) is 0 Å². The largest absolute Gasteiger partial charge is 0.497 e. The SMILES string of the molecule is COc1ccc(Br)c(C(=O)OCC(=O)N2CCC[C@H]3CCCC[C@@H]32)c1. The Labute approximate surface area is 156 Å². The topological polar surface area (TPSA) is 55.8 Å².